The molecule has 35 heavy (non-hydrogen) atoms. The van der Waals surface area contributed by atoms with Gasteiger partial charge in [0.05, 0.1) is 25.4 Å². The van der Waals surface area contributed by atoms with Gasteiger partial charge in [-0.1, -0.05) is 28.1 Å². The minimum Gasteiger partial charge on any atom is -0.497 e. The number of benzene rings is 2. The average molecular weight is 549 g/mol. The molecule has 1 aliphatic carbocycles. The Kier molecular flexibility index (Phi) is 5.90. The first-order valence-electron chi connectivity index (χ1n) is 11.9. The van der Waals surface area contributed by atoms with Crippen LogP contribution in [-0.2, 0) is 19.4 Å². The number of anilines is 1. The number of amides is 2. The van der Waals surface area contributed by atoms with Crippen LogP contribution in [0.2, 0.25) is 0 Å². The van der Waals surface area contributed by atoms with E-state index in [1.807, 2.05) is 52.6 Å². The van der Waals surface area contributed by atoms with Gasteiger partial charge in [-0.05, 0) is 85.3 Å². The summed E-state index contributed by atoms with van der Waals surface area (Å²) in [5.41, 5.74) is 5.68. The summed E-state index contributed by atoms with van der Waals surface area (Å²) in [5, 5.41) is 4.41. The zero-order valence-electron chi connectivity index (χ0n) is 19.5. The Morgan fingerprint density at radius 3 is 2.57 bits per heavy atom. The molecule has 2 aromatic carbocycles. The van der Waals surface area contributed by atoms with Gasteiger partial charge in [-0.15, -0.1) is 11.3 Å². The number of fused-ring (bicyclic) bond motifs is 5. The highest BCUT2D eigenvalue weighted by Crippen LogP contribution is 2.44. The van der Waals surface area contributed by atoms with Gasteiger partial charge in [0.2, 0.25) is 0 Å². The summed E-state index contributed by atoms with van der Waals surface area (Å²) in [5.74, 6) is 0.803. The van der Waals surface area contributed by atoms with Crippen LogP contribution in [0.5, 0.6) is 5.75 Å². The Morgan fingerprint density at radius 1 is 1.03 bits per heavy atom. The van der Waals surface area contributed by atoms with E-state index >= 15 is 0 Å². The van der Waals surface area contributed by atoms with E-state index in [-0.39, 0.29) is 12.1 Å². The molecule has 0 bridgehead atoms. The van der Waals surface area contributed by atoms with Crippen molar-refractivity contribution in [1.82, 2.24) is 9.47 Å². The van der Waals surface area contributed by atoms with Crippen molar-refractivity contribution in [3.8, 4) is 10.8 Å². The third-order valence-electron chi connectivity index (χ3n) is 6.97. The molecule has 6 rings (SSSR count). The van der Waals surface area contributed by atoms with E-state index in [0.717, 1.165) is 40.0 Å². The number of nitrogens with zero attached hydrogens (tertiary/aromatic N) is 2. The Bertz CT molecular complexity index is 1370. The molecule has 1 atom stereocenters. The van der Waals surface area contributed by atoms with Crippen molar-refractivity contribution in [2.24, 2.45) is 0 Å². The lowest BCUT2D eigenvalue weighted by Gasteiger charge is -2.31. The van der Waals surface area contributed by atoms with Crippen LogP contribution < -0.4 is 10.1 Å². The van der Waals surface area contributed by atoms with Crippen LogP contribution in [0.1, 0.15) is 46.1 Å². The number of hydrogen-bond donors (Lipinski definition) is 1. The highest BCUT2D eigenvalue weighted by molar-refractivity contribution is 9.10. The van der Waals surface area contributed by atoms with Crippen LogP contribution in [0, 0.1) is 0 Å². The number of rotatable bonds is 3. The number of halogens is 1. The summed E-state index contributed by atoms with van der Waals surface area (Å²) < 4.78 is 8.68. The maximum Gasteiger partial charge on any atom is 0.322 e. The zero-order valence-corrected chi connectivity index (χ0v) is 21.9. The second-order valence-corrected chi connectivity index (χ2v) is 11.0. The summed E-state index contributed by atoms with van der Waals surface area (Å²) >= 11 is 5.38. The van der Waals surface area contributed by atoms with E-state index in [1.165, 1.54) is 33.8 Å². The van der Waals surface area contributed by atoms with Crippen LogP contribution in [0.3, 0.4) is 0 Å². The van der Waals surface area contributed by atoms with Crippen molar-refractivity contribution in [3.63, 3.8) is 0 Å². The molecule has 1 N–H and O–H groups in total. The van der Waals surface area contributed by atoms with Crippen molar-refractivity contribution >= 4 is 39.0 Å². The number of aromatic nitrogens is 1. The lowest BCUT2D eigenvalue weighted by molar-refractivity contribution is 0.194. The van der Waals surface area contributed by atoms with Gasteiger partial charge in [0.25, 0.3) is 0 Å². The molecule has 0 radical (unpaired) electrons. The summed E-state index contributed by atoms with van der Waals surface area (Å²) in [7, 11) is 1.67. The molecular formula is C28H26BrN3O2S. The fraction of sp³-hybridized carbons (Fsp3) is 0.250. The number of carbonyl (C=O) groups is 1. The van der Waals surface area contributed by atoms with Crippen molar-refractivity contribution in [2.75, 3.05) is 12.4 Å². The van der Waals surface area contributed by atoms with Crippen LogP contribution in [0.15, 0.2) is 71.3 Å². The molecule has 0 spiro atoms. The molecule has 7 heteroatoms. The molecule has 3 heterocycles. The highest BCUT2D eigenvalue weighted by atomic mass is 79.9. The molecule has 0 unspecified atom stereocenters. The third-order valence-corrected chi connectivity index (χ3v) is 8.83. The molecule has 2 aromatic heterocycles. The monoisotopic (exact) mass is 547 g/mol. The van der Waals surface area contributed by atoms with E-state index in [9.17, 15) is 4.79 Å². The van der Waals surface area contributed by atoms with E-state index in [4.69, 9.17) is 4.74 Å². The molecule has 0 saturated carbocycles. The van der Waals surface area contributed by atoms with Crippen LogP contribution in [0.25, 0.3) is 5.00 Å². The van der Waals surface area contributed by atoms with Crippen molar-refractivity contribution in [3.05, 3.63) is 98.6 Å². The lowest BCUT2D eigenvalue weighted by Crippen LogP contribution is -2.38. The van der Waals surface area contributed by atoms with E-state index in [2.05, 4.69) is 56.3 Å². The number of aryl methyl sites for hydroxylation is 1. The normalized spacial score (nSPS) is 16.6. The minimum absolute atomic E-state index is 0.107. The fourth-order valence-corrected chi connectivity index (χ4v) is 6.92. The van der Waals surface area contributed by atoms with Gasteiger partial charge in [-0.2, -0.15) is 0 Å². The molecule has 0 saturated heterocycles. The molecule has 2 aliphatic rings. The molecule has 178 valence electrons. The quantitative estimate of drug-likeness (QED) is 0.292. The first kappa shape index (κ1) is 22.4. The molecule has 4 aromatic rings. The first-order valence-corrected chi connectivity index (χ1v) is 13.5. The zero-order chi connectivity index (χ0) is 23.9. The predicted octanol–water partition coefficient (Wildman–Crippen LogP) is 7.33. The van der Waals surface area contributed by atoms with Gasteiger partial charge in [0.15, 0.2) is 0 Å². The SMILES string of the molecule is COc1ccc([C@H]2c3cccn3-c3sc4c(c3CN2C(=O)Nc2ccc(Br)cc2)CCCC4)cc1. The summed E-state index contributed by atoms with van der Waals surface area (Å²) in [6.45, 7) is 0.571. The van der Waals surface area contributed by atoms with E-state index in [0.29, 0.717) is 6.54 Å². The van der Waals surface area contributed by atoms with Gasteiger partial charge in [-0.25, -0.2) is 4.79 Å². The van der Waals surface area contributed by atoms with E-state index in [1.54, 1.807) is 7.11 Å². The number of carbonyl (C=O) groups excluding carboxylic acids is 1. The number of thiophene rings is 1. The minimum atomic E-state index is -0.231. The van der Waals surface area contributed by atoms with Crippen molar-refractivity contribution in [2.45, 2.75) is 38.3 Å². The smallest absolute Gasteiger partial charge is 0.322 e. The van der Waals surface area contributed by atoms with Gasteiger partial charge in [0, 0.05) is 26.8 Å². The second kappa shape index (κ2) is 9.21. The summed E-state index contributed by atoms with van der Waals surface area (Å²) in [4.78, 5) is 17.4. The number of urea groups is 1. The molecule has 2 amide bonds. The molecular weight excluding hydrogens is 522 g/mol. The Morgan fingerprint density at radius 2 is 1.80 bits per heavy atom. The first-order chi connectivity index (χ1) is 17.1. The Hall–Kier alpha value is -3.03. The fourth-order valence-electron chi connectivity index (χ4n) is 5.25. The maximum atomic E-state index is 13.9. The van der Waals surface area contributed by atoms with Gasteiger partial charge >= 0.3 is 6.03 Å². The number of hydrogen-bond acceptors (Lipinski definition) is 3. The lowest BCUT2D eigenvalue weighted by atomic mass is 9.95. The van der Waals surface area contributed by atoms with Gasteiger partial charge in [-0.3, -0.25) is 0 Å². The predicted molar refractivity (Wildman–Crippen MR) is 144 cm³/mol. The summed E-state index contributed by atoms with van der Waals surface area (Å²) in [6.07, 6.45) is 6.82. The van der Waals surface area contributed by atoms with E-state index < -0.39 is 0 Å². The second-order valence-electron chi connectivity index (χ2n) is 9.04. The molecule has 0 fully saturated rings. The van der Waals surface area contributed by atoms with Crippen molar-refractivity contribution < 1.29 is 9.53 Å². The topological polar surface area (TPSA) is 46.5 Å². The Balaban J connectivity index is 1.48. The molecule has 1 aliphatic heterocycles. The number of methoxy groups -OCH3 is 1. The van der Waals surface area contributed by atoms with Crippen LogP contribution >= 0.6 is 27.3 Å². The maximum absolute atomic E-state index is 13.9. The van der Waals surface area contributed by atoms with Gasteiger partial charge in [0.1, 0.15) is 10.8 Å². The average Bonchev–Trinajstić information content (AvgIpc) is 3.47. The Labute approximate surface area is 217 Å². The standard InChI is InChI=1S/C28H26BrN3O2S/c1-34-21-14-8-18(9-15-21)26-24-6-4-16-31(24)27-23(22-5-2-3-7-25(22)35-27)17-32(26)28(33)30-20-12-10-19(29)11-13-20/h4,6,8-16,26H,2-3,5,7,17H2,1H3,(H,30,33)/t26-/m0/s1. The van der Waals surface area contributed by atoms with Gasteiger partial charge < -0.3 is 19.5 Å². The number of nitrogens with one attached hydrogen (secondary N) is 1. The largest absolute Gasteiger partial charge is 0.497 e. The third kappa shape index (κ3) is 4.06. The highest BCUT2D eigenvalue weighted by Gasteiger charge is 2.36. The molecule has 5 nitrogen and oxygen atoms in total. The van der Waals surface area contributed by atoms with Crippen LogP contribution in [0.4, 0.5) is 10.5 Å². The van der Waals surface area contributed by atoms with Crippen molar-refractivity contribution in [1.29, 1.82) is 0 Å². The summed E-state index contributed by atoms with van der Waals surface area (Å²) in [6, 6.07) is 19.7. The van der Waals surface area contributed by atoms with Crippen LogP contribution in [-0.4, -0.2) is 22.6 Å². The number of ether oxygens (including phenoxy) is 1.